The van der Waals surface area contributed by atoms with Crippen LogP contribution in [0.5, 0.6) is 0 Å². The van der Waals surface area contributed by atoms with Crippen molar-refractivity contribution in [1.29, 1.82) is 0 Å². The van der Waals surface area contributed by atoms with Gasteiger partial charge in [-0.15, -0.1) is 0 Å². The van der Waals surface area contributed by atoms with Crippen LogP contribution in [0.2, 0.25) is 0 Å². The number of halogens is 3. The van der Waals surface area contributed by atoms with Crippen molar-refractivity contribution < 1.29 is 18.0 Å². The molecule has 1 amide bonds. The SMILES string of the molecule is CNCCC(=O)NC1CCN(Cc2ccc(C(F)(F)F)cc2)C1. The highest BCUT2D eigenvalue weighted by Crippen LogP contribution is 2.29. The van der Waals surface area contributed by atoms with Crippen molar-refractivity contribution >= 4 is 5.91 Å². The number of nitrogens with zero attached hydrogens (tertiary/aromatic N) is 1. The van der Waals surface area contributed by atoms with Crippen molar-refractivity contribution in [3.63, 3.8) is 0 Å². The molecule has 0 aromatic heterocycles. The summed E-state index contributed by atoms with van der Waals surface area (Å²) in [6.45, 7) is 2.80. The molecule has 2 rings (SSSR count). The van der Waals surface area contributed by atoms with E-state index < -0.39 is 11.7 Å². The van der Waals surface area contributed by atoms with E-state index in [4.69, 9.17) is 0 Å². The normalized spacial score (nSPS) is 19.0. The van der Waals surface area contributed by atoms with Gasteiger partial charge in [-0.25, -0.2) is 0 Å². The zero-order chi connectivity index (χ0) is 16.9. The summed E-state index contributed by atoms with van der Waals surface area (Å²) in [7, 11) is 1.80. The fourth-order valence-corrected chi connectivity index (χ4v) is 2.69. The highest BCUT2D eigenvalue weighted by molar-refractivity contribution is 5.76. The first-order valence-electron chi connectivity index (χ1n) is 7.71. The maximum atomic E-state index is 12.5. The Hall–Kier alpha value is -1.60. The average molecular weight is 329 g/mol. The molecule has 23 heavy (non-hydrogen) atoms. The number of hydrogen-bond donors (Lipinski definition) is 2. The second-order valence-corrected chi connectivity index (χ2v) is 5.84. The molecule has 2 N–H and O–H groups in total. The molecule has 7 heteroatoms. The topological polar surface area (TPSA) is 44.4 Å². The summed E-state index contributed by atoms with van der Waals surface area (Å²) < 4.78 is 37.6. The fraction of sp³-hybridized carbons (Fsp3) is 0.562. The van der Waals surface area contributed by atoms with Crippen LogP contribution in [0, 0.1) is 0 Å². The van der Waals surface area contributed by atoms with Crippen molar-refractivity contribution in [1.82, 2.24) is 15.5 Å². The van der Waals surface area contributed by atoms with Crippen LogP contribution in [0.25, 0.3) is 0 Å². The summed E-state index contributed by atoms with van der Waals surface area (Å²) in [5.41, 5.74) is 0.220. The van der Waals surface area contributed by atoms with Crippen molar-refractivity contribution in [2.45, 2.75) is 31.6 Å². The van der Waals surface area contributed by atoms with Gasteiger partial charge in [-0.2, -0.15) is 13.2 Å². The molecule has 1 saturated heterocycles. The summed E-state index contributed by atoms with van der Waals surface area (Å²) in [5, 5.41) is 5.92. The minimum atomic E-state index is -4.30. The smallest absolute Gasteiger partial charge is 0.352 e. The van der Waals surface area contributed by atoms with Crippen LogP contribution in [0.15, 0.2) is 24.3 Å². The number of nitrogens with one attached hydrogen (secondary N) is 2. The third-order valence-electron chi connectivity index (χ3n) is 3.93. The van der Waals surface area contributed by atoms with Crippen LogP contribution in [0.4, 0.5) is 13.2 Å². The predicted molar refractivity (Wildman–Crippen MR) is 81.8 cm³/mol. The molecule has 4 nitrogen and oxygen atoms in total. The molecule has 128 valence electrons. The van der Waals surface area contributed by atoms with Gasteiger partial charge >= 0.3 is 6.18 Å². The number of likely N-dealkylation sites (tertiary alicyclic amines) is 1. The summed E-state index contributed by atoms with van der Waals surface area (Å²) in [6, 6.07) is 5.38. The number of alkyl halides is 3. The van der Waals surface area contributed by atoms with E-state index in [1.54, 1.807) is 7.05 Å². The van der Waals surface area contributed by atoms with E-state index in [-0.39, 0.29) is 11.9 Å². The Morgan fingerprint density at radius 3 is 2.61 bits per heavy atom. The number of benzene rings is 1. The number of rotatable bonds is 6. The molecule has 1 atom stereocenters. The standard InChI is InChI=1S/C16H22F3N3O/c1-20-8-6-15(23)21-14-7-9-22(11-14)10-12-2-4-13(5-3-12)16(17,18)19/h2-5,14,20H,6-11H2,1H3,(H,21,23). The minimum Gasteiger partial charge on any atom is -0.352 e. The van der Waals surface area contributed by atoms with Gasteiger partial charge in [0, 0.05) is 38.6 Å². The first kappa shape index (κ1) is 17.7. The highest BCUT2D eigenvalue weighted by Gasteiger charge is 2.30. The molecular weight excluding hydrogens is 307 g/mol. The second-order valence-electron chi connectivity index (χ2n) is 5.84. The Bertz CT molecular complexity index is 516. The molecule has 0 aliphatic carbocycles. The van der Waals surface area contributed by atoms with Crippen LogP contribution < -0.4 is 10.6 Å². The Morgan fingerprint density at radius 1 is 1.30 bits per heavy atom. The molecule has 1 unspecified atom stereocenters. The van der Waals surface area contributed by atoms with E-state index in [1.807, 2.05) is 0 Å². The molecule has 1 aliphatic rings. The molecule has 1 aromatic carbocycles. The maximum Gasteiger partial charge on any atom is 0.416 e. The lowest BCUT2D eigenvalue weighted by molar-refractivity contribution is -0.137. The molecule has 1 aromatic rings. The molecule has 0 radical (unpaired) electrons. The van der Waals surface area contributed by atoms with Crippen molar-refractivity contribution in [3.05, 3.63) is 35.4 Å². The quantitative estimate of drug-likeness (QED) is 0.839. The average Bonchev–Trinajstić information content (AvgIpc) is 2.91. The van der Waals surface area contributed by atoms with E-state index >= 15 is 0 Å². The Balaban J connectivity index is 1.80. The van der Waals surface area contributed by atoms with Crippen molar-refractivity contribution in [2.75, 3.05) is 26.7 Å². The van der Waals surface area contributed by atoms with Gasteiger partial charge in [0.05, 0.1) is 5.56 Å². The first-order valence-corrected chi connectivity index (χ1v) is 7.71. The van der Waals surface area contributed by atoms with Crippen LogP contribution >= 0.6 is 0 Å². The zero-order valence-electron chi connectivity index (χ0n) is 13.1. The zero-order valence-corrected chi connectivity index (χ0v) is 13.1. The maximum absolute atomic E-state index is 12.5. The van der Waals surface area contributed by atoms with E-state index in [0.717, 1.165) is 37.2 Å². The molecule has 1 fully saturated rings. The van der Waals surface area contributed by atoms with Crippen LogP contribution in [0.3, 0.4) is 0 Å². The third kappa shape index (κ3) is 5.51. The molecule has 0 saturated carbocycles. The van der Waals surface area contributed by atoms with Gasteiger partial charge in [-0.3, -0.25) is 9.69 Å². The van der Waals surface area contributed by atoms with Crippen LogP contribution in [-0.4, -0.2) is 43.5 Å². The second kappa shape index (κ2) is 7.79. The van der Waals surface area contributed by atoms with Gasteiger partial charge in [0.25, 0.3) is 0 Å². The van der Waals surface area contributed by atoms with E-state index in [9.17, 15) is 18.0 Å². The van der Waals surface area contributed by atoms with Gasteiger partial charge in [-0.1, -0.05) is 12.1 Å². The number of carbonyl (C=O) groups is 1. The monoisotopic (exact) mass is 329 g/mol. The number of hydrogen-bond acceptors (Lipinski definition) is 3. The number of carbonyl (C=O) groups excluding carboxylic acids is 1. The van der Waals surface area contributed by atoms with Gasteiger partial charge < -0.3 is 10.6 Å². The van der Waals surface area contributed by atoms with Crippen molar-refractivity contribution in [2.24, 2.45) is 0 Å². The van der Waals surface area contributed by atoms with E-state index in [1.165, 1.54) is 12.1 Å². The fourth-order valence-electron chi connectivity index (χ4n) is 2.69. The van der Waals surface area contributed by atoms with Gasteiger partial charge in [-0.05, 0) is 31.2 Å². The largest absolute Gasteiger partial charge is 0.416 e. The van der Waals surface area contributed by atoms with Gasteiger partial charge in [0.2, 0.25) is 5.91 Å². The van der Waals surface area contributed by atoms with E-state index in [0.29, 0.717) is 19.5 Å². The summed E-state index contributed by atoms with van der Waals surface area (Å²) in [6.07, 6.45) is -2.98. The summed E-state index contributed by atoms with van der Waals surface area (Å²) >= 11 is 0. The van der Waals surface area contributed by atoms with E-state index in [2.05, 4.69) is 15.5 Å². The van der Waals surface area contributed by atoms with Gasteiger partial charge in [0.15, 0.2) is 0 Å². The minimum absolute atomic E-state index is 0.0285. The summed E-state index contributed by atoms with van der Waals surface area (Å²) in [5.74, 6) is 0.0285. The third-order valence-corrected chi connectivity index (χ3v) is 3.93. The van der Waals surface area contributed by atoms with Crippen molar-refractivity contribution in [3.8, 4) is 0 Å². The molecule has 0 bridgehead atoms. The number of amides is 1. The predicted octanol–water partition coefficient (Wildman–Crippen LogP) is 2.01. The molecule has 1 heterocycles. The Morgan fingerprint density at radius 2 is 2.00 bits per heavy atom. The van der Waals surface area contributed by atoms with Gasteiger partial charge in [0.1, 0.15) is 0 Å². The lowest BCUT2D eigenvalue weighted by Gasteiger charge is -2.17. The Labute approximate surface area is 134 Å². The summed E-state index contributed by atoms with van der Waals surface area (Å²) in [4.78, 5) is 13.8. The lowest BCUT2D eigenvalue weighted by atomic mass is 10.1. The Kier molecular flexibility index (Phi) is 6.01. The molecular formula is C16H22F3N3O. The molecule has 1 aliphatic heterocycles. The molecule has 0 spiro atoms. The van der Waals surface area contributed by atoms with Crippen LogP contribution in [0.1, 0.15) is 24.0 Å². The first-order chi connectivity index (χ1) is 10.9. The lowest BCUT2D eigenvalue weighted by Crippen LogP contribution is -2.37. The van der Waals surface area contributed by atoms with Crippen LogP contribution in [-0.2, 0) is 17.5 Å². The highest BCUT2D eigenvalue weighted by atomic mass is 19.4.